The minimum Gasteiger partial charge on any atom is -0.398 e. The third kappa shape index (κ3) is 3.69. The smallest absolute Gasteiger partial charge is 0.243 e. The molecule has 2 N–H and O–H groups in total. The van der Waals surface area contributed by atoms with Crippen molar-refractivity contribution < 1.29 is 8.42 Å². The van der Waals surface area contributed by atoms with E-state index in [1.165, 1.54) is 4.31 Å². The van der Waals surface area contributed by atoms with Crippen LogP contribution in [0.4, 0.5) is 5.69 Å². The molecule has 0 amide bonds. The van der Waals surface area contributed by atoms with Gasteiger partial charge in [-0.25, -0.2) is 8.42 Å². The van der Waals surface area contributed by atoms with Gasteiger partial charge in [0.1, 0.15) is 0 Å². The van der Waals surface area contributed by atoms with Gasteiger partial charge in [0.2, 0.25) is 10.0 Å². The van der Waals surface area contributed by atoms with Crippen LogP contribution in [0.25, 0.3) is 0 Å². The Morgan fingerprint density at radius 1 is 1.45 bits per heavy atom. The number of nitrogens with two attached hydrogens (primary N) is 1. The quantitative estimate of drug-likeness (QED) is 0.770. The zero-order chi connectivity index (χ0) is 15.5. The number of benzene rings is 1. The fourth-order valence-electron chi connectivity index (χ4n) is 1.97. The largest absolute Gasteiger partial charge is 0.398 e. The third-order valence-electron chi connectivity index (χ3n) is 3.37. The first kappa shape index (κ1) is 17.8. The van der Waals surface area contributed by atoms with E-state index in [-0.39, 0.29) is 10.9 Å². The average molecular weight is 381 g/mol. The Morgan fingerprint density at radius 3 is 2.55 bits per heavy atom. The van der Waals surface area contributed by atoms with E-state index in [1.807, 2.05) is 13.2 Å². The minimum absolute atomic E-state index is 0.0189. The zero-order valence-corrected chi connectivity index (χ0v) is 15.4. The van der Waals surface area contributed by atoms with Crippen molar-refractivity contribution in [2.24, 2.45) is 0 Å². The van der Waals surface area contributed by atoms with Crippen LogP contribution in [0.1, 0.15) is 18.9 Å². The van der Waals surface area contributed by atoms with E-state index in [4.69, 9.17) is 5.73 Å². The molecule has 0 spiro atoms. The summed E-state index contributed by atoms with van der Waals surface area (Å²) in [5, 5.41) is 0. The molecule has 114 valence electrons. The van der Waals surface area contributed by atoms with Crippen molar-refractivity contribution in [3.05, 3.63) is 22.2 Å². The van der Waals surface area contributed by atoms with Crippen LogP contribution in [0.3, 0.4) is 0 Å². The molecule has 1 aromatic rings. The summed E-state index contributed by atoms with van der Waals surface area (Å²) in [5.74, 6) is 0.773. The molecule has 0 aliphatic carbocycles. The number of nitrogens with zero attached hydrogens (tertiary/aromatic N) is 1. The van der Waals surface area contributed by atoms with E-state index < -0.39 is 10.0 Å². The molecule has 1 rings (SSSR count). The predicted octanol–water partition coefficient (Wildman–Crippen LogP) is 3.10. The van der Waals surface area contributed by atoms with E-state index in [0.29, 0.717) is 15.7 Å². The van der Waals surface area contributed by atoms with Gasteiger partial charge in [-0.05, 0) is 37.3 Å². The molecule has 0 bridgehead atoms. The summed E-state index contributed by atoms with van der Waals surface area (Å²) >= 11 is 4.95. The van der Waals surface area contributed by atoms with E-state index >= 15 is 0 Å². The molecule has 0 aromatic heterocycles. The van der Waals surface area contributed by atoms with Gasteiger partial charge < -0.3 is 5.73 Å². The van der Waals surface area contributed by atoms with Gasteiger partial charge in [-0.15, -0.1) is 0 Å². The van der Waals surface area contributed by atoms with Crippen LogP contribution in [0.5, 0.6) is 0 Å². The molecule has 0 fully saturated rings. The number of sulfonamides is 1. The molecule has 1 atom stereocenters. The summed E-state index contributed by atoms with van der Waals surface area (Å²) in [4.78, 5) is 0.270. The maximum Gasteiger partial charge on any atom is 0.243 e. The molecule has 0 saturated carbocycles. The van der Waals surface area contributed by atoms with Crippen molar-refractivity contribution in [3.8, 4) is 0 Å². The summed E-state index contributed by atoms with van der Waals surface area (Å²) in [6.07, 6.45) is 2.75. The minimum atomic E-state index is -3.54. The number of hydrogen-bond acceptors (Lipinski definition) is 4. The maximum absolute atomic E-state index is 12.8. The van der Waals surface area contributed by atoms with Crippen molar-refractivity contribution in [1.82, 2.24) is 4.31 Å². The first-order valence-corrected chi connectivity index (χ1v) is 9.91. The number of thioether (sulfide) groups is 1. The van der Waals surface area contributed by atoms with E-state index in [2.05, 4.69) is 15.9 Å². The summed E-state index contributed by atoms with van der Waals surface area (Å²) in [7, 11) is -1.90. The zero-order valence-electron chi connectivity index (χ0n) is 12.2. The molecule has 7 heteroatoms. The average Bonchev–Trinajstić information content (AvgIpc) is 2.39. The van der Waals surface area contributed by atoms with Crippen molar-refractivity contribution in [2.45, 2.75) is 31.2 Å². The van der Waals surface area contributed by atoms with Crippen LogP contribution in [0.15, 0.2) is 21.5 Å². The lowest BCUT2D eigenvalue weighted by molar-refractivity contribution is 0.385. The molecule has 20 heavy (non-hydrogen) atoms. The van der Waals surface area contributed by atoms with Crippen LogP contribution in [0.2, 0.25) is 0 Å². The summed E-state index contributed by atoms with van der Waals surface area (Å²) in [5.41, 5.74) is 6.94. The number of halogens is 1. The van der Waals surface area contributed by atoms with Gasteiger partial charge in [-0.2, -0.15) is 16.1 Å². The number of nitrogen functional groups attached to an aromatic ring is 1. The summed E-state index contributed by atoms with van der Waals surface area (Å²) in [6, 6.07) is 3.31. The number of hydrogen-bond donors (Lipinski definition) is 1. The normalized spacial score (nSPS) is 13.7. The summed E-state index contributed by atoms with van der Waals surface area (Å²) in [6.45, 7) is 3.73. The second kappa shape index (κ2) is 7.15. The SMILES string of the molecule is CCC(CSC)N(C)S(=O)(=O)c1cc(Br)cc(N)c1C. The molecule has 0 heterocycles. The Balaban J connectivity index is 3.29. The lowest BCUT2D eigenvalue weighted by Gasteiger charge is -2.27. The van der Waals surface area contributed by atoms with Crippen LogP contribution in [-0.4, -0.2) is 37.8 Å². The lowest BCUT2D eigenvalue weighted by atomic mass is 10.2. The molecule has 0 radical (unpaired) electrons. The predicted molar refractivity (Wildman–Crippen MR) is 90.7 cm³/mol. The molecule has 0 saturated heterocycles. The highest BCUT2D eigenvalue weighted by Crippen LogP contribution is 2.29. The van der Waals surface area contributed by atoms with Crippen LogP contribution < -0.4 is 5.73 Å². The second-order valence-electron chi connectivity index (χ2n) is 4.66. The van der Waals surface area contributed by atoms with Gasteiger partial charge in [0, 0.05) is 29.0 Å². The number of anilines is 1. The summed E-state index contributed by atoms with van der Waals surface area (Å²) < 4.78 is 27.7. The van der Waals surface area contributed by atoms with Crippen LogP contribution in [-0.2, 0) is 10.0 Å². The van der Waals surface area contributed by atoms with Crippen LogP contribution >= 0.6 is 27.7 Å². The first-order chi connectivity index (χ1) is 9.25. The van der Waals surface area contributed by atoms with Gasteiger partial charge in [-0.3, -0.25) is 0 Å². The highest BCUT2D eigenvalue weighted by atomic mass is 79.9. The molecular formula is C13H21BrN2O2S2. The van der Waals surface area contributed by atoms with Gasteiger partial charge in [0.25, 0.3) is 0 Å². The first-order valence-electron chi connectivity index (χ1n) is 6.28. The molecule has 1 unspecified atom stereocenters. The van der Waals surface area contributed by atoms with Gasteiger partial charge in [0.15, 0.2) is 0 Å². The molecular weight excluding hydrogens is 360 g/mol. The lowest BCUT2D eigenvalue weighted by Crippen LogP contribution is -2.38. The third-order valence-corrected chi connectivity index (χ3v) is 6.58. The van der Waals surface area contributed by atoms with E-state index in [0.717, 1.165) is 12.2 Å². The molecule has 4 nitrogen and oxygen atoms in total. The Hall–Kier alpha value is -0.240. The maximum atomic E-state index is 12.8. The van der Waals surface area contributed by atoms with E-state index in [9.17, 15) is 8.42 Å². The highest BCUT2D eigenvalue weighted by molar-refractivity contribution is 9.10. The Kier molecular flexibility index (Phi) is 6.37. The Morgan fingerprint density at radius 2 is 2.05 bits per heavy atom. The fourth-order valence-corrected chi connectivity index (χ4v) is 5.24. The van der Waals surface area contributed by atoms with Crippen molar-refractivity contribution in [1.29, 1.82) is 0 Å². The topological polar surface area (TPSA) is 63.4 Å². The molecule has 0 aliphatic rings. The Labute approximate surface area is 134 Å². The second-order valence-corrected chi connectivity index (χ2v) is 8.45. The highest BCUT2D eigenvalue weighted by Gasteiger charge is 2.28. The molecule has 0 aliphatic heterocycles. The number of rotatable bonds is 6. The van der Waals surface area contributed by atoms with Crippen molar-refractivity contribution in [2.75, 3.05) is 24.8 Å². The van der Waals surface area contributed by atoms with Gasteiger partial charge in [-0.1, -0.05) is 22.9 Å². The van der Waals surface area contributed by atoms with Crippen LogP contribution in [0, 0.1) is 6.92 Å². The standard InChI is InChI=1S/C13H21BrN2O2S2/c1-5-11(8-19-4)16(3)20(17,18)13-7-10(14)6-12(15)9(13)2/h6-7,11H,5,8,15H2,1-4H3. The van der Waals surface area contributed by atoms with E-state index in [1.54, 1.807) is 37.9 Å². The fraction of sp³-hybridized carbons (Fsp3) is 0.538. The van der Waals surface area contributed by atoms with Gasteiger partial charge >= 0.3 is 0 Å². The van der Waals surface area contributed by atoms with Crippen molar-refractivity contribution in [3.63, 3.8) is 0 Å². The molecule has 1 aromatic carbocycles. The Bertz CT molecular complexity index is 576. The van der Waals surface area contributed by atoms with Crippen molar-refractivity contribution >= 4 is 43.4 Å². The monoisotopic (exact) mass is 380 g/mol. The van der Waals surface area contributed by atoms with Gasteiger partial charge in [0.05, 0.1) is 4.90 Å².